The maximum atomic E-state index is 15.0. The first kappa shape index (κ1) is 22.8. The summed E-state index contributed by atoms with van der Waals surface area (Å²) in [5, 5.41) is 20.6. The number of aromatic nitrogens is 6. The fourth-order valence-electron chi connectivity index (χ4n) is 4.39. The Hall–Kier alpha value is -2.99. The van der Waals surface area contributed by atoms with Crippen molar-refractivity contribution < 1.29 is 9.18 Å². The van der Waals surface area contributed by atoms with Crippen molar-refractivity contribution in [2.75, 3.05) is 12.4 Å². The number of nitrogens with zero attached hydrogens (tertiary/aromatic N) is 6. The van der Waals surface area contributed by atoms with Crippen LogP contribution in [0.3, 0.4) is 0 Å². The molecule has 0 spiro atoms. The number of rotatable bonds is 5. The van der Waals surface area contributed by atoms with E-state index in [9.17, 15) is 9.18 Å². The SMILES string of the molecule is CNC(=O)[C@]1(C)CC[C@@H](Nc2ncc3c(Br)nn(-c4ccc(-c5nnc(C)s5)c(F)c4)c3n2)C1. The summed E-state index contributed by atoms with van der Waals surface area (Å²) < 4.78 is 17.1. The normalized spacial score (nSPS) is 20.1. The van der Waals surface area contributed by atoms with Gasteiger partial charge in [-0.25, -0.2) is 14.1 Å². The second-order valence-electron chi connectivity index (χ2n) is 8.65. The largest absolute Gasteiger partial charge is 0.359 e. The zero-order valence-electron chi connectivity index (χ0n) is 18.8. The van der Waals surface area contributed by atoms with Crippen molar-refractivity contribution in [1.29, 1.82) is 0 Å². The first-order chi connectivity index (χ1) is 16.3. The number of halogens is 2. The lowest BCUT2D eigenvalue weighted by atomic mass is 9.87. The molecule has 1 amide bonds. The van der Waals surface area contributed by atoms with E-state index >= 15 is 0 Å². The summed E-state index contributed by atoms with van der Waals surface area (Å²) in [6.45, 7) is 3.81. The molecule has 34 heavy (non-hydrogen) atoms. The zero-order valence-corrected chi connectivity index (χ0v) is 21.2. The van der Waals surface area contributed by atoms with E-state index in [4.69, 9.17) is 0 Å². The molecule has 0 aliphatic heterocycles. The van der Waals surface area contributed by atoms with Crippen molar-refractivity contribution in [2.24, 2.45) is 5.41 Å². The minimum Gasteiger partial charge on any atom is -0.359 e. The summed E-state index contributed by atoms with van der Waals surface area (Å²) in [6, 6.07) is 4.93. The summed E-state index contributed by atoms with van der Waals surface area (Å²) >= 11 is 4.79. The Balaban J connectivity index is 1.45. The van der Waals surface area contributed by atoms with Crippen LogP contribution in [-0.2, 0) is 4.79 Å². The van der Waals surface area contributed by atoms with E-state index in [1.165, 1.54) is 17.4 Å². The van der Waals surface area contributed by atoms with Crippen LogP contribution in [0.1, 0.15) is 31.2 Å². The van der Waals surface area contributed by atoms with Gasteiger partial charge < -0.3 is 10.6 Å². The molecule has 0 saturated heterocycles. The van der Waals surface area contributed by atoms with Crippen molar-refractivity contribution in [3.05, 3.63) is 39.8 Å². The van der Waals surface area contributed by atoms with Gasteiger partial charge in [0.25, 0.3) is 0 Å². The quantitative estimate of drug-likeness (QED) is 0.386. The number of nitrogens with one attached hydrogen (secondary N) is 2. The summed E-state index contributed by atoms with van der Waals surface area (Å²) in [5.74, 6) is 0.0679. The van der Waals surface area contributed by atoms with Crippen LogP contribution in [0.15, 0.2) is 29.0 Å². The number of carbonyl (C=O) groups is 1. The molecule has 4 aromatic rings. The Morgan fingerprint density at radius 1 is 1.35 bits per heavy atom. The maximum absolute atomic E-state index is 15.0. The van der Waals surface area contributed by atoms with Gasteiger partial charge in [0.2, 0.25) is 11.9 Å². The van der Waals surface area contributed by atoms with Gasteiger partial charge in [-0.2, -0.15) is 10.1 Å². The van der Waals surface area contributed by atoms with Gasteiger partial charge >= 0.3 is 0 Å². The molecule has 1 fully saturated rings. The molecule has 0 unspecified atom stereocenters. The van der Waals surface area contributed by atoms with Gasteiger partial charge in [-0.15, -0.1) is 10.2 Å². The van der Waals surface area contributed by atoms with E-state index in [1.54, 1.807) is 30.1 Å². The molecule has 3 aromatic heterocycles. The third-order valence-corrected chi connectivity index (χ3v) is 7.64. The molecular formula is C22H22BrFN8OS. The first-order valence-corrected chi connectivity index (χ1v) is 12.4. The van der Waals surface area contributed by atoms with Crippen molar-refractivity contribution in [3.63, 3.8) is 0 Å². The average Bonchev–Trinajstić information content (AvgIpc) is 3.51. The lowest BCUT2D eigenvalue weighted by molar-refractivity contribution is -0.129. The number of carbonyl (C=O) groups excluding carboxylic acids is 1. The Labute approximate surface area is 207 Å². The predicted molar refractivity (Wildman–Crippen MR) is 131 cm³/mol. The fourth-order valence-corrected chi connectivity index (χ4v) is 5.54. The van der Waals surface area contributed by atoms with Crippen LogP contribution < -0.4 is 10.6 Å². The highest BCUT2D eigenvalue weighted by molar-refractivity contribution is 9.10. The molecule has 9 nitrogen and oxygen atoms in total. The first-order valence-electron chi connectivity index (χ1n) is 10.8. The second-order valence-corrected chi connectivity index (χ2v) is 10.6. The standard InChI is InChI=1S/C22H22BrFN8OS/c1-11-29-30-19(34-11)14-5-4-13(8-16(14)24)32-18-15(17(23)31-32)10-26-21(28-18)27-12-6-7-22(2,9-12)20(33)25-3/h4-5,8,10,12H,6-7,9H2,1-3H3,(H,25,33)(H,26,27,28)/t12-,22-/m1/s1. The van der Waals surface area contributed by atoms with E-state index in [0.29, 0.717) is 44.3 Å². The summed E-state index contributed by atoms with van der Waals surface area (Å²) in [7, 11) is 1.66. The zero-order chi connectivity index (χ0) is 24.0. The lowest BCUT2D eigenvalue weighted by Gasteiger charge is -2.22. The van der Waals surface area contributed by atoms with Crippen LogP contribution in [-0.4, -0.2) is 48.9 Å². The summed E-state index contributed by atoms with van der Waals surface area (Å²) in [4.78, 5) is 21.3. The van der Waals surface area contributed by atoms with Gasteiger partial charge in [0.1, 0.15) is 15.4 Å². The van der Waals surface area contributed by atoms with Gasteiger partial charge in [-0.3, -0.25) is 4.79 Å². The molecular weight excluding hydrogens is 523 g/mol. The van der Waals surface area contributed by atoms with Crippen LogP contribution in [0, 0.1) is 18.2 Å². The molecule has 1 aromatic carbocycles. The van der Waals surface area contributed by atoms with Gasteiger partial charge in [-0.1, -0.05) is 18.3 Å². The van der Waals surface area contributed by atoms with Crippen molar-refractivity contribution >= 4 is 50.2 Å². The highest BCUT2D eigenvalue weighted by Crippen LogP contribution is 2.39. The van der Waals surface area contributed by atoms with E-state index in [-0.39, 0.29) is 11.9 Å². The van der Waals surface area contributed by atoms with Crippen molar-refractivity contribution in [1.82, 2.24) is 35.3 Å². The lowest BCUT2D eigenvalue weighted by Crippen LogP contribution is -2.35. The molecule has 5 rings (SSSR count). The summed E-state index contributed by atoms with van der Waals surface area (Å²) in [6.07, 6.45) is 4.00. The Bertz CT molecular complexity index is 1410. The number of hydrogen-bond donors (Lipinski definition) is 2. The van der Waals surface area contributed by atoms with Crippen LogP contribution in [0.5, 0.6) is 0 Å². The predicted octanol–water partition coefficient (Wildman–Crippen LogP) is 4.26. The number of aryl methyl sites for hydroxylation is 1. The number of benzene rings is 1. The third-order valence-electron chi connectivity index (χ3n) is 6.18. The number of anilines is 1. The summed E-state index contributed by atoms with van der Waals surface area (Å²) in [5.41, 5.74) is 1.04. The average molecular weight is 545 g/mol. The molecule has 0 bridgehead atoms. The second kappa shape index (κ2) is 8.66. The number of amides is 1. The number of hydrogen-bond acceptors (Lipinski definition) is 8. The smallest absolute Gasteiger partial charge is 0.225 e. The van der Waals surface area contributed by atoms with Crippen LogP contribution in [0.4, 0.5) is 10.3 Å². The fraction of sp³-hybridized carbons (Fsp3) is 0.364. The molecule has 176 valence electrons. The van der Waals surface area contributed by atoms with Gasteiger partial charge in [0.15, 0.2) is 10.7 Å². The topological polar surface area (TPSA) is 111 Å². The molecule has 2 atom stereocenters. The third kappa shape index (κ3) is 4.05. The highest BCUT2D eigenvalue weighted by atomic mass is 79.9. The van der Waals surface area contributed by atoms with Gasteiger partial charge in [0, 0.05) is 36.3 Å². The molecule has 1 aliphatic rings. The molecule has 12 heteroatoms. The van der Waals surface area contributed by atoms with Crippen LogP contribution in [0.25, 0.3) is 27.3 Å². The van der Waals surface area contributed by atoms with E-state index in [2.05, 4.69) is 51.8 Å². The monoisotopic (exact) mass is 544 g/mol. The van der Waals surface area contributed by atoms with Crippen LogP contribution >= 0.6 is 27.3 Å². The number of fused-ring (bicyclic) bond motifs is 1. The van der Waals surface area contributed by atoms with Gasteiger partial charge in [0.05, 0.1) is 11.1 Å². The van der Waals surface area contributed by atoms with Crippen molar-refractivity contribution in [2.45, 2.75) is 39.2 Å². The molecule has 1 saturated carbocycles. The Kier molecular flexibility index (Phi) is 5.80. The van der Waals surface area contributed by atoms with Gasteiger partial charge in [-0.05, 0) is 54.2 Å². The Morgan fingerprint density at radius 2 is 2.18 bits per heavy atom. The van der Waals surface area contributed by atoms with E-state index in [0.717, 1.165) is 17.8 Å². The minimum atomic E-state index is -0.416. The van der Waals surface area contributed by atoms with Crippen molar-refractivity contribution in [3.8, 4) is 16.3 Å². The molecule has 1 aliphatic carbocycles. The highest BCUT2D eigenvalue weighted by Gasteiger charge is 2.41. The van der Waals surface area contributed by atoms with E-state index < -0.39 is 11.2 Å². The van der Waals surface area contributed by atoms with E-state index in [1.807, 2.05) is 13.8 Å². The minimum absolute atomic E-state index is 0.0457. The molecule has 0 radical (unpaired) electrons. The van der Waals surface area contributed by atoms with Crippen LogP contribution in [0.2, 0.25) is 0 Å². The molecule has 3 heterocycles. The Morgan fingerprint density at radius 3 is 2.88 bits per heavy atom. The molecule has 2 N–H and O–H groups in total. The maximum Gasteiger partial charge on any atom is 0.225 e.